The van der Waals surface area contributed by atoms with Crippen LogP contribution in [0.1, 0.15) is 30.0 Å². The zero-order valence-electron chi connectivity index (χ0n) is 8.03. The number of rotatable bonds is 1. The molecule has 2 nitrogen and oxygen atoms in total. The molecule has 2 rings (SSSR count). The van der Waals surface area contributed by atoms with E-state index in [1.54, 1.807) is 0 Å². The molecule has 0 radical (unpaired) electrons. The van der Waals surface area contributed by atoms with E-state index in [0.717, 1.165) is 6.54 Å². The fourth-order valence-corrected chi connectivity index (χ4v) is 2.08. The molecule has 0 aromatic heterocycles. The van der Waals surface area contributed by atoms with E-state index in [0.29, 0.717) is 6.04 Å². The number of hydrazine groups is 1. The second kappa shape index (κ2) is 3.48. The highest BCUT2D eigenvalue weighted by molar-refractivity contribution is 5.29. The van der Waals surface area contributed by atoms with Crippen LogP contribution in [0.4, 0.5) is 0 Å². The molecule has 0 aliphatic carbocycles. The topological polar surface area (TPSA) is 29.3 Å². The Bertz CT molecular complexity index is 296. The third-order valence-electron chi connectivity index (χ3n) is 2.84. The minimum Gasteiger partial charge on any atom is -0.268 e. The number of hydrogen-bond acceptors (Lipinski definition) is 2. The molecule has 1 fully saturated rings. The quantitative estimate of drug-likeness (QED) is 0.663. The summed E-state index contributed by atoms with van der Waals surface area (Å²) in [5, 5.41) is 1.96. The number of nitrogens with two attached hydrogens (primary N) is 1. The van der Waals surface area contributed by atoms with Crippen molar-refractivity contribution in [1.29, 1.82) is 0 Å². The van der Waals surface area contributed by atoms with Crippen molar-refractivity contribution in [2.45, 2.75) is 25.8 Å². The largest absolute Gasteiger partial charge is 0.268 e. The van der Waals surface area contributed by atoms with Gasteiger partial charge in [-0.25, -0.2) is 5.01 Å². The van der Waals surface area contributed by atoms with Gasteiger partial charge in [0.2, 0.25) is 0 Å². The second-order valence-electron chi connectivity index (χ2n) is 3.75. The fourth-order valence-electron chi connectivity index (χ4n) is 2.08. The molecule has 1 aromatic carbocycles. The van der Waals surface area contributed by atoms with Crippen molar-refractivity contribution in [2.75, 3.05) is 6.54 Å². The van der Waals surface area contributed by atoms with Crippen LogP contribution >= 0.6 is 0 Å². The first-order chi connectivity index (χ1) is 6.29. The lowest BCUT2D eigenvalue weighted by atomic mass is 10.0. The van der Waals surface area contributed by atoms with Gasteiger partial charge in [0.1, 0.15) is 0 Å². The fraction of sp³-hybridized carbons (Fsp3) is 0.455. The molecule has 0 bridgehead atoms. The van der Waals surface area contributed by atoms with E-state index in [-0.39, 0.29) is 0 Å². The zero-order valence-corrected chi connectivity index (χ0v) is 8.03. The molecule has 1 heterocycles. The van der Waals surface area contributed by atoms with Gasteiger partial charge in [-0.15, -0.1) is 0 Å². The van der Waals surface area contributed by atoms with Crippen LogP contribution in [-0.4, -0.2) is 11.6 Å². The molecule has 2 N–H and O–H groups in total. The highest BCUT2D eigenvalue weighted by Gasteiger charge is 2.23. The average Bonchev–Trinajstić information content (AvgIpc) is 2.52. The van der Waals surface area contributed by atoms with Gasteiger partial charge in [-0.2, -0.15) is 0 Å². The van der Waals surface area contributed by atoms with Gasteiger partial charge in [0.25, 0.3) is 0 Å². The maximum atomic E-state index is 5.91. The summed E-state index contributed by atoms with van der Waals surface area (Å²) in [5.74, 6) is 5.91. The maximum Gasteiger partial charge on any atom is 0.0493 e. The van der Waals surface area contributed by atoms with E-state index in [2.05, 4.69) is 31.2 Å². The summed E-state index contributed by atoms with van der Waals surface area (Å²) in [5.41, 5.74) is 2.74. The van der Waals surface area contributed by atoms with Crippen LogP contribution in [0.15, 0.2) is 24.3 Å². The predicted molar refractivity (Wildman–Crippen MR) is 54.0 cm³/mol. The van der Waals surface area contributed by atoms with E-state index in [1.807, 2.05) is 5.01 Å². The van der Waals surface area contributed by atoms with Crippen LogP contribution in [0, 0.1) is 6.92 Å². The molecule has 70 valence electrons. The molecule has 0 spiro atoms. The third-order valence-corrected chi connectivity index (χ3v) is 2.84. The molecule has 1 aliphatic heterocycles. The minimum atomic E-state index is 0.446. The molecular weight excluding hydrogens is 160 g/mol. The Balaban J connectivity index is 2.29. The summed E-state index contributed by atoms with van der Waals surface area (Å²) in [4.78, 5) is 0. The van der Waals surface area contributed by atoms with E-state index < -0.39 is 0 Å². The van der Waals surface area contributed by atoms with Gasteiger partial charge in [-0.05, 0) is 30.9 Å². The van der Waals surface area contributed by atoms with Crippen molar-refractivity contribution in [3.8, 4) is 0 Å². The Labute approximate surface area is 79.3 Å². The van der Waals surface area contributed by atoms with Crippen LogP contribution in [0.3, 0.4) is 0 Å². The molecule has 1 atom stereocenters. The summed E-state index contributed by atoms with van der Waals surface area (Å²) in [6.07, 6.45) is 2.41. The van der Waals surface area contributed by atoms with Gasteiger partial charge < -0.3 is 0 Å². The van der Waals surface area contributed by atoms with Crippen molar-refractivity contribution in [3.05, 3.63) is 35.4 Å². The molecule has 0 unspecified atom stereocenters. The number of aryl methyl sites for hydroxylation is 1. The summed E-state index contributed by atoms with van der Waals surface area (Å²) in [7, 11) is 0. The van der Waals surface area contributed by atoms with Crippen LogP contribution < -0.4 is 5.84 Å². The van der Waals surface area contributed by atoms with Crippen LogP contribution in [0.25, 0.3) is 0 Å². The Morgan fingerprint density at radius 3 is 2.77 bits per heavy atom. The average molecular weight is 176 g/mol. The SMILES string of the molecule is Cc1ccccc1[C@@H]1CCCN1N. The van der Waals surface area contributed by atoms with E-state index in [1.165, 1.54) is 24.0 Å². The van der Waals surface area contributed by atoms with Crippen molar-refractivity contribution in [1.82, 2.24) is 5.01 Å². The second-order valence-corrected chi connectivity index (χ2v) is 3.75. The first-order valence-electron chi connectivity index (χ1n) is 4.86. The number of benzene rings is 1. The number of nitrogens with zero attached hydrogens (tertiary/aromatic N) is 1. The lowest BCUT2D eigenvalue weighted by Gasteiger charge is -2.20. The molecule has 1 saturated heterocycles. The first kappa shape index (κ1) is 8.73. The minimum absolute atomic E-state index is 0.446. The Hall–Kier alpha value is -0.860. The Kier molecular flexibility index (Phi) is 2.34. The van der Waals surface area contributed by atoms with E-state index in [9.17, 15) is 0 Å². The van der Waals surface area contributed by atoms with Crippen molar-refractivity contribution in [2.24, 2.45) is 5.84 Å². The van der Waals surface area contributed by atoms with Gasteiger partial charge in [0.05, 0.1) is 0 Å². The van der Waals surface area contributed by atoms with Crippen LogP contribution in [0.2, 0.25) is 0 Å². The van der Waals surface area contributed by atoms with Gasteiger partial charge in [0.15, 0.2) is 0 Å². The third kappa shape index (κ3) is 1.60. The monoisotopic (exact) mass is 176 g/mol. The van der Waals surface area contributed by atoms with Crippen molar-refractivity contribution < 1.29 is 0 Å². The van der Waals surface area contributed by atoms with Gasteiger partial charge in [-0.3, -0.25) is 5.84 Å². The summed E-state index contributed by atoms with van der Waals surface area (Å²) in [6.45, 7) is 3.18. The van der Waals surface area contributed by atoms with Crippen molar-refractivity contribution >= 4 is 0 Å². The molecule has 0 saturated carbocycles. The molecule has 13 heavy (non-hydrogen) atoms. The molecule has 0 amide bonds. The molecular formula is C11H16N2. The summed E-state index contributed by atoms with van der Waals surface area (Å²) in [6, 6.07) is 8.96. The Morgan fingerprint density at radius 2 is 2.15 bits per heavy atom. The standard InChI is InChI=1S/C11H16N2/c1-9-5-2-3-6-10(9)11-7-4-8-13(11)12/h2-3,5-6,11H,4,7-8,12H2,1H3/t11-/m0/s1. The van der Waals surface area contributed by atoms with Crippen LogP contribution in [0.5, 0.6) is 0 Å². The van der Waals surface area contributed by atoms with Gasteiger partial charge in [0, 0.05) is 12.6 Å². The predicted octanol–water partition coefficient (Wildman–Crippen LogP) is 2.01. The highest BCUT2D eigenvalue weighted by atomic mass is 15.4. The normalized spacial score (nSPS) is 23.7. The summed E-state index contributed by atoms with van der Waals surface area (Å²) >= 11 is 0. The van der Waals surface area contributed by atoms with Gasteiger partial charge >= 0.3 is 0 Å². The first-order valence-corrected chi connectivity index (χ1v) is 4.86. The van der Waals surface area contributed by atoms with E-state index in [4.69, 9.17) is 5.84 Å². The molecule has 1 aliphatic rings. The Morgan fingerprint density at radius 1 is 1.38 bits per heavy atom. The van der Waals surface area contributed by atoms with Crippen LogP contribution in [-0.2, 0) is 0 Å². The smallest absolute Gasteiger partial charge is 0.0493 e. The molecule has 2 heteroatoms. The van der Waals surface area contributed by atoms with Gasteiger partial charge in [-0.1, -0.05) is 24.3 Å². The summed E-state index contributed by atoms with van der Waals surface area (Å²) < 4.78 is 0. The number of hydrogen-bond donors (Lipinski definition) is 1. The van der Waals surface area contributed by atoms with Crippen molar-refractivity contribution in [3.63, 3.8) is 0 Å². The molecule has 1 aromatic rings. The highest BCUT2D eigenvalue weighted by Crippen LogP contribution is 2.30. The zero-order chi connectivity index (χ0) is 9.26. The maximum absolute atomic E-state index is 5.91. The lowest BCUT2D eigenvalue weighted by molar-refractivity contribution is 0.265. The van der Waals surface area contributed by atoms with E-state index >= 15 is 0 Å². The lowest BCUT2D eigenvalue weighted by Crippen LogP contribution is -2.30.